The van der Waals surface area contributed by atoms with Crippen LogP contribution in [-0.2, 0) is 10.8 Å². The third-order valence-electron chi connectivity index (χ3n) is 14.4. The first-order valence-electron chi connectivity index (χ1n) is 21.6. The van der Waals surface area contributed by atoms with Gasteiger partial charge in [-0.05, 0) is 103 Å². The first kappa shape index (κ1) is 33.5. The highest BCUT2D eigenvalue weighted by Crippen LogP contribution is 2.64. The summed E-state index contributed by atoms with van der Waals surface area (Å²) < 4.78 is 7.04. The fourth-order valence-electron chi connectivity index (χ4n) is 11.9. The van der Waals surface area contributed by atoms with Gasteiger partial charge in [0.15, 0.2) is 5.58 Å². The van der Waals surface area contributed by atoms with E-state index >= 15 is 0 Å². The average molecular weight is 779 g/mol. The zero-order valence-corrected chi connectivity index (χ0v) is 34.2. The lowest BCUT2D eigenvalue weighted by Crippen LogP contribution is -2.62. The van der Waals surface area contributed by atoms with E-state index in [0.717, 1.165) is 33.3 Å². The highest BCUT2D eigenvalue weighted by molar-refractivity contribution is 6.94. The molecule has 0 N–H and O–H groups in total. The van der Waals surface area contributed by atoms with E-state index in [9.17, 15) is 0 Å². The van der Waals surface area contributed by atoms with Crippen LogP contribution in [0.1, 0.15) is 48.6 Å². The van der Waals surface area contributed by atoms with Gasteiger partial charge in [-0.2, -0.15) is 0 Å². The van der Waals surface area contributed by atoms with Crippen molar-refractivity contribution in [1.29, 1.82) is 0 Å². The molecule has 0 saturated carbocycles. The Hall–Kier alpha value is -7.30. The van der Waals surface area contributed by atoms with E-state index < -0.39 is 5.41 Å². The van der Waals surface area contributed by atoms with E-state index in [0.29, 0.717) is 0 Å². The first-order valence-corrected chi connectivity index (χ1v) is 21.6. The summed E-state index contributed by atoms with van der Waals surface area (Å²) in [6.07, 6.45) is 0. The number of benzene rings is 9. The summed E-state index contributed by atoms with van der Waals surface area (Å²) >= 11 is 0. The van der Waals surface area contributed by atoms with Gasteiger partial charge in [0.25, 0.3) is 0 Å². The summed E-state index contributed by atoms with van der Waals surface area (Å²) in [5.74, 6) is 0. The molecule has 4 aliphatic rings. The molecule has 0 atom stereocenters. The van der Waals surface area contributed by atoms with Gasteiger partial charge in [-0.25, -0.2) is 0 Å². The molecule has 9 aromatic carbocycles. The number of para-hydroxylation sites is 3. The molecular weight excluding hydrogens is 739 g/mol. The van der Waals surface area contributed by atoms with Gasteiger partial charge in [0, 0.05) is 33.1 Å². The van der Waals surface area contributed by atoms with Crippen LogP contribution in [0.25, 0.3) is 55.0 Å². The molecule has 4 heteroatoms. The van der Waals surface area contributed by atoms with Gasteiger partial charge >= 0.3 is 6.85 Å². The van der Waals surface area contributed by atoms with Crippen LogP contribution in [0.4, 0.5) is 28.4 Å². The summed E-state index contributed by atoms with van der Waals surface area (Å²) in [7, 11) is 0. The molecule has 1 spiro atoms. The van der Waals surface area contributed by atoms with Crippen molar-refractivity contribution in [2.75, 3.05) is 9.71 Å². The molecule has 1 aromatic heterocycles. The molecule has 61 heavy (non-hydrogen) atoms. The highest BCUT2D eigenvalue weighted by atomic mass is 16.3. The van der Waals surface area contributed by atoms with Gasteiger partial charge in [-0.1, -0.05) is 166 Å². The van der Waals surface area contributed by atoms with E-state index in [-0.39, 0.29) is 12.3 Å². The van der Waals surface area contributed by atoms with Crippen molar-refractivity contribution in [3.05, 3.63) is 210 Å². The molecule has 0 amide bonds. The fourth-order valence-corrected chi connectivity index (χ4v) is 11.9. The molecule has 0 fully saturated rings. The minimum Gasteiger partial charge on any atom is -0.454 e. The maximum absolute atomic E-state index is 7.04. The lowest BCUT2D eigenvalue weighted by Gasteiger charge is -2.51. The van der Waals surface area contributed by atoms with Crippen molar-refractivity contribution in [3.63, 3.8) is 0 Å². The lowest BCUT2D eigenvalue weighted by molar-refractivity contribution is 0.590. The third-order valence-corrected chi connectivity index (χ3v) is 14.4. The largest absolute Gasteiger partial charge is 0.454 e. The fraction of sp³-hybridized carbons (Fsp3) is 0.0877. The number of nitrogens with zero attached hydrogens (tertiary/aromatic N) is 2. The molecule has 3 nitrogen and oxygen atoms in total. The summed E-state index contributed by atoms with van der Waals surface area (Å²) in [6, 6.07) is 68.6. The number of fused-ring (bicyclic) bond motifs is 19. The summed E-state index contributed by atoms with van der Waals surface area (Å²) in [5.41, 5.74) is 21.6. The van der Waals surface area contributed by atoms with Gasteiger partial charge in [0.1, 0.15) is 5.58 Å². The van der Waals surface area contributed by atoms with Gasteiger partial charge in [0.05, 0.1) is 22.5 Å². The predicted molar refractivity (Wildman–Crippen MR) is 255 cm³/mol. The first-order chi connectivity index (χ1) is 29.9. The average Bonchev–Trinajstić information content (AvgIpc) is 3.82. The van der Waals surface area contributed by atoms with E-state index in [4.69, 9.17) is 4.42 Å². The zero-order valence-electron chi connectivity index (χ0n) is 34.2. The molecule has 14 rings (SSSR count). The van der Waals surface area contributed by atoms with Crippen LogP contribution in [0.3, 0.4) is 0 Å². The minimum atomic E-state index is -0.520. The predicted octanol–water partition coefficient (Wildman–Crippen LogP) is 13.4. The molecule has 286 valence electrons. The molecule has 4 heterocycles. The van der Waals surface area contributed by atoms with Crippen LogP contribution < -0.4 is 20.6 Å². The number of furan rings is 1. The second-order valence-corrected chi connectivity index (χ2v) is 18.4. The van der Waals surface area contributed by atoms with Gasteiger partial charge in [0.2, 0.25) is 0 Å². The molecule has 1 aliphatic carbocycles. The van der Waals surface area contributed by atoms with E-state index in [2.05, 4.69) is 212 Å². The standard InChI is InChI=1S/C57H39BN2O/c1-56(2,3)35-27-29-36(30-28-35)60-53-41(31-32-42-40-19-8-13-26-50(40)61-55(42)53)43-33-34-15-4-5-16-37(34)52-51(43)58(60)48-24-14-23-47-54(48)59(52)49-25-12-11-22-46(49)57(47)44-20-9-6-17-38(44)39-18-7-10-21-45(39)57/h4-33H,1-3H3. The van der Waals surface area contributed by atoms with E-state index in [1.807, 2.05) is 0 Å². The Kier molecular flexibility index (Phi) is 6.32. The summed E-state index contributed by atoms with van der Waals surface area (Å²) in [5, 5.41) is 4.75. The van der Waals surface area contributed by atoms with Crippen molar-refractivity contribution in [2.24, 2.45) is 0 Å². The van der Waals surface area contributed by atoms with Crippen LogP contribution >= 0.6 is 0 Å². The van der Waals surface area contributed by atoms with Crippen LogP contribution in [0.15, 0.2) is 186 Å². The van der Waals surface area contributed by atoms with Crippen LogP contribution in [0.2, 0.25) is 0 Å². The third kappa shape index (κ3) is 4.06. The Bertz CT molecular complexity index is 3510. The Labute approximate surface area is 355 Å². The molecule has 10 aromatic rings. The van der Waals surface area contributed by atoms with Crippen molar-refractivity contribution >= 4 is 78.9 Å². The second kappa shape index (κ2) is 11.5. The Morgan fingerprint density at radius 2 is 1.15 bits per heavy atom. The van der Waals surface area contributed by atoms with Crippen LogP contribution in [-0.4, -0.2) is 6.85 Å². The van der Waals surface area contributed by atoms with Crippen LogP contribution in [0, 0.1) is 0 Å². The van der Waals surface area contributed by atoms with E-state index in [1.165, 1.54) is 88.8 Å². The van der Waals surface area contributed by atoms with Crippen molar-refractivity contribution in [2.45, 2.75) is 31.6 Å². The van der Waals surface area contributed by atoms with Crippen LogP contribution in [0.5, 0.6) is 0 Å². The lowest BCUT2D eigenvalue weighted by atomic mass is 9.42. The normalized spacial score (nSPS) is 14.8. The summed E-state index contributed by atoms with van der Waals surface area (Å²) in [4.78, 5) is 5.28. The van der Waals surface area contributed by atoms with Gasteiger partial charge in [-0.15, -0.1) is 0 Å². The van der Waals surface area contributed by atoms with Crippen molar-refractivity contribution in [1.82, 2.24) is 0 Å². The van der Waals surface area contributed by atoms with Gasteiger partial charge in [-0.3, -0.25) is 0 Å². The maximum atomic E-state index is 7.04. The molecule has 0 radical (unpaired) electrons. The van der Waals surface area contributed by atoms with E-state index in [1.54, 1.807) is 0 Å². The SMILES string of the molecule is CC(C)(C)c1ccc(N2B3c4cccc5c4N(c4ccccc4C54c5ccccc5-c5ccccc54)c4c3c(cc3ccccc43)-c3ccc4c(oc5ccccc54)c32)cc1. The molecule has 0 saturated heterocycles. The number of hydrogen-bond acceptors (Lipinski definition) is 3. The minimum absolute atomic E-state index is 0.0163. The Morgan fingerprint density at radius 3 is 1.92 bits per heavy atom. The van der Waals surface area contributed by atoms with Crippen molar-refractivity contribution in [3.8, 4) is 22.3 Å². The zero-order chi connectivity index (χ0) is 40.4. The molecule has 0 bridgehead atoms. The highest BCUT2D eigenvalue weighted by Gasteiger charge is 2.56. The topological polar surface area (TPSA) is 19.6 Å². The van der Waals surface area contributed by atoms with Gasteiger partial charge < -0.3 is 14.1 Å². The molecule has 0 unspecified atom stereocenters. The Morgan fingerprint density at radius 1 is 0.492 bits per heavy atom. The maximum Gasteiger partial charge on any atom is 0.333 e. The number of hydrogen-bond donors (Lipinski definition) is 0. The number of rotatable bonds is 1. The monoisotopic (exact) mass is 778 g/mol. The second-order valence-electron chi connectivity index (χ2n) is 18.4. The molecular formula is C57H39BN2O. The molecule has 3 aliphatic heterocycles. The summed E-state index contributed by atoms with van der Waals surface area (Å²) in [6.45, 7) is 6.72. The Balaban J connectivity index is 1.18. The number of anilines is 5. The smallest absolute Gasteiger partial charge is 0.333 e. The van der Waals surface area contributed by atoms with Crippen molar-refractivity contribution < 1.29 is 4.42 Å². The quantitative estimate of drug-likeness (QED) is 0.155.